The van der Waals surface area contributed by atoms with Crippen molar-refractivity contribution >= 4 is 5.97 Å². The fourth-order valence-corrected chi connectivity index (χ4v) is 1.66. The summed E-state index contributed by atoms with van der Waals surface area (Å²) >= 11 is 0. The molecule has 0 aliphatic rings. The Labute approximate surface area is 93.8 Å². The van der Waals surface area contributed by atoms with Crippen LogP contribution in [0.3, 0.4) is 0 Å². The van der Waals surface area contributed by atoms with Crippen molar-refractivity contribution in [1.82, 2.24) is 4.90 Å². The molecular weight excluding hydrogens is 190 g/mol. The van der Waals surface area contributed by atoms with Crippen LogP contribution < -0.4 is 0 Å². The number of rotatable bonds is 4. The highest BCUT2D eigenvalue weighted by Gasteiger charge is 2.26. The first kappa shape index (κ1) is 14.4. The van der Waals surface area contributed by atoms with E-state index in [1.807, 2.05) is 6.92 Å². The first-order chi connectivity index (χ1) is 6.69. The standard InChI is InChI=1S/C12H25NO2/c1-9(11(14)15-7)10(2)13(6)8-12(3,4)5/h9-10H,8H2,1-7H3. The van der Waals surface area contributed by atoms with Gasteiger partial charge in [-0.25, -0.2) is 0 Å². The van der Waals surface area contributed by atoms with E-state index in [4.69, 9.17) is 4.74 Å². The molecule has 0 N–H and O–H groups in total. The fraction of sp³-hybridized carbons (Fsp3) is 0.917. The summed E-state index contributed by atoms with van der Waals surface area (Å²) in [6, 6.07) is 0.205. The van der Waals surface area contributed by atoms with Crippen molar-refractivity contribution in [1.29, 1.82) is 0 Å². The lowest BCUT2D eigenvalue weighted by Crippen LogP contribution is -2.42. The predicted molar refractivity (Wildman–Crippen MR) is 62.7 cm³/mol. The van der Waals surface area contributed by atoms with Crippen LogP contribution in [0.5, 0.6) is 0 Å². The molecule has 0 fully saturated rings. The third-order valence-electron chi connectivity index (χ3n) is 2.72. The van der Waals surface area contributed by atoms with Crippen molar-refractivity contribution in [3.63, 3.8) is 0 Å². The van der Waals surface area contributed by atoms with E-state index in [-0.39, 0.29) is 23.3 Å². The number of methoxy groups -OCH3 is 1. The Hall–Kier alpha value is -0.570. The lowest BCUT2D eigenvalue weighted by molar-refractivity contribution is -0.147. The van der Waals surface area contributed by atoms with Crippen molar-refractivity contribution in [2.24, 2.45) is 11.3 Å². The maximum absolute atomic E-state index is 11.4. The normalized spacial score (nSPS) is 16.3. The van der Waals surface area contributed by atoms with Crippen molar-refractivity contribution < 1.29 is 9.53 Å². The molecule has 0 saturated heterocycles. The zero-order valence-corrected chi connectivity index (χ0v) is 11.1. The van der Waals surface area contributed by atoms with Gasteiger partial charge in [0.25, 0.3) is 0 Å². The number of hydrogen-bond donors (Lipinski definition) is 0. The molecular formula is C12H25NO2. The number of carbonyl (C=O) groups is 1. The van der Waals surface area contributed by atoms with Crippen molar-refractivity contribution in [3.05, 3.63) is 0 Å². The van der Waals surface area contributed by atoms with Crippen LogP contribution in [0.2, 0.25) is 0 Å². The zero-order chi connectivity index (χ0) is 12.2. The van der Waals surface area contributed by atoms with Crippen molar-refractivity contribution in [3.8, 4) is 0 Å². The van der Waals surface area contributed by atoms with E-state index in [2.05, 4.69) is 39.6 Å². The monoisotopic (exact) mass is 215 g/mol. The molecule has 0 bridgehead atoms. The topological polar surface area (TPSA) is 29.5 Å². The van der Waals surface area contributed by atoms with Gasteiger partial charge in [-0.05, 0) is 19.4 Å². The van der Waals surface area contributed by atoms with E-state index in [0.717, 1.165) is 6.54 Å². The van der Waals surface area contributed by atoms with Crippen LogP contribution in [0.4, 0.5) is 0 Å². The second-order valence-electron chi connectivity index (χ2n) is 5.53. The second-order valence-corrected chi connectivity index (χ2v) is 5.53. The van der Waals surface area contributed by atoms with Crippen LogP contribution >= 0.6 is 0 Å². The Morgan fingerprint density at radius 2 is 1.80 bits per heavy atom. The molecule has 0 rings (SSSR count). The largest absolute Gasteiger partial charge is 0.469 e. The summed E-state index contributed by atoms with van der Waals surface area (Å²) < 4.78 is 4.75. The molecule has 3 nitrogen and oxygen atoms in total. The maximum Gasteiger partial charge on any atom is 0.309 e. The van der Waals surface area contributed by atoms with Crippen LogP contribution in [0, 0.1) is 11.3 Å². The second kappa shape index (κ2) is 5.50. The predicted octanol–water partition coefficient (Wildman–Crippen LogP) is 2.16. The van der Waals surface area contributed by atoms with Gasteiger partial charge in [0.05, 0.1) is 13.0 Å². The quantitative estimate of drug-likeness (QED) is 0.673. The molecule has 0 aromatic carbocycles. The van der Waals surface area contributed by atoms with Crippen LogP contribution in [-0.4, -0.2) is 37.6 Å². The maximum atomic E-state index is 11.4. The Bertz CT molecular complexity index is 208. The minimum Gasteiger partial charge on any atom is -0.469 e. The van der Waals surface area contributed by atoms with Gasteiger partial charge in [-0.1, -0.05) is 27.7 Å². The van der Waals surface area contributed by atoms with E-state index in [1.54, 1.807) is 0 Å². The zero-order valence-electron chi connectivity index (χ0n) is 11.1. The van der Waals surface area contributed by atoms with Gasteiger partial charge in [0.2, 0.25) is 0 Å². The highest BCUT2D eigenvalue weighted by atomic mass is 16.5. The summed E-state index contributed by atoms with van der Waals surface area (Å²) in [6.07, 6.45) is 0. The van der Waals surface area contributed by atoms with E-state index in [9.17, 15) is 4.79 Å². The molecule has 0 aliphatic heterocycles. The van der Waals surface area contributed by atoms with Crippen LogP contribution in [-0.2, 0) is 9.53 Å². The van der Waals surface area contributed by atoms with Gasteiger partial charge in [0, 0.05) is 12.6 Å². The van der Waals surface area contributed by atoms with Gasteiger partial charge < -0.3 is 9.64 Å². The number of esters is 1. The van der Waals surface area contributed by atoms with E-state index in [1.165, 1.54) is 7.11 Å². The SMILES string of the molecule is COC(=O)C(C)C(C)N(C)CC(C)(C)C. The summed E-state index contributed by atoms with van der Waals surface area (Å²) in [5.41, 5.74) is 0.249. The summed E-state index contributed by atoms with van der Waals surface area (Å²) in [5, 5.41) is 0. The Balaban J connectivity index is 4.31. The lowest BCUT2D eigenvalue weighted by atomic mass is 9.94. The molecule has 0 amide bonds. The number of nitrogens with zero attached hydrogens (tertiary/aromatic N) is 1. The molecule has 0 saturated carbocycles. The smallest absolute Gasteiger partial charge is 0.309 e. The summed E-state index contributed by atoms with van der Waals surface area (Å²) in [6.45, 7) is 11.5. The van der Waals surface area contributed by atoms with Gasteiger partial charge in [0.1, 0.15) is 0 Å². The molecule has 90 valence electrons. The fourth-order valence-electron chi connectivity index (χ4n) is 1.66. The molecule has 15 heavy (non-hydrogen) atoms. The third-order valence-corrected chi connectivity index (χ3v) is 2.72. The minimum atomic E-state index is -0.136. The van der Waals surface area contributed by atoms with E-state index in [0.29, 0.717) is 0 Å². The first-order valence-corrected chi connectivity index (χ1v) is 5.47. The number of carbonyl (C=O) groups excluding carboxylic acids is 1. The average Bonchev–Trinajstić information content (AvgIpc) is 2.11. The first-order valence-electron chi connectivity index (χ1n) is 5.47. The van der Waals surface area contributed by atoms with E-state index < -0.39 is 0 Å². The molecule has 2 atom stereocenters. The molecule has 0 aliphatic carbocycles. The molecule has 0 spiro atoms. The molecule has 0 heterocycles. The van der Waals surface area contributed by atoms with Crippen molar-refractivity contribution in [2.75, 3.05) is 20.7 Å². The van der Waals surface area contributed by atoms with Crippen molar-refractivity contribution in [2.45, 2.75) is 40.7 Å². The van der Waals surface area contributed by atoms with Crippen LogP contribution in [0.25, 0.3) is 0 Å². The molecule has 2 unspecified atom stereocenters. The van der Waals surface area contributed by atoms with Gasteiger partial charge in [-0.15, -0.1) is 0 Å². The van der Waals surface area contributed by atoms with Gasteiger partial charge in [0.15, 0.2) is 0 Å². The van der Waals surface area contributed by atoms with Crippen LogP contribution in [0.1, 0.15) is 34.6 Å². The molecule has 0 aromatic heterocycles. The Morgan fingerprint density at radius 1 is 1.33 bits per heavy atom. The summed E-state index contributed by atoms with van der Waals surface area (Å²) in [4.78, 5) is 13.6. The molecule has 0 radical (unpaired) electrons. The Morgan fingerprint density at radius 3 is 2.13 bits per heavy atom. The van der Waals surface area contributed by atoms with Crippen LogP contribution in [0.15, 0.2) is 0 Å². The van der Waals surface area contributed by atoms with Gasteiger partial charge in [-0.2, -0.15) is 0 Å². The minimum absolute atomic E-state index is 0.0812. The molecule has 0 aromatic rings. The van der Waals surface area contributed by atoms with Gasteiger partial charge >= 0.3 is 5.97 Å². The highest BCUT2D eigenvalue weighted by Crippen LogP contribution is 2.19. The van der Waals surface area contributed by atoms with E-state index >= 15 is 0 Å². The number of hydrogen-bond acceptors (Lipinski definition) is 3. The number of ether oxygens (including phenoxy) is 1. The average molecular weight is 215 g/mol. The summed E-state index contributed by atoms with van der Waals surface area (Å²) in [7, 11) is 3.49. The summed E-state index contributed by atoms with van der Waals surface area (Å²) in [5.74, 6) is -0.217. The highest BCUT2D eigenvalue weighted by molar-refractivity contribution is 5.72. The lowest BCUT2D eigenvalue weighted by Gasteiger charge is -2.33. The Kier molecular flexibility index (Phi) is 5.29. The van der Waals surface area contributed by atoms with Gasteiger partial charge in [-0.3, -0.25) is 4.79 Å². The molecule has 3 heteroatoms. The third kappa shape index (κ3) is 5.17.